The number of carbonyl (C=O) groups is 3. The van der Waals surface area contributed by atoms with Gasteiger partial charge in [0, 0.05) is 35.9 Å². The van der Waals surface area contributed by atoms with Crippen LogP contribution in [0.25, 0.3) is 0 Å². The van der Waals surface area contributed by atoms with E-state index in [1.807, 2.05) is 6.07 Å². The summed E-state index contributed by atoms with van der Waals surface area (Å²) in [7, 11) is 1.28. The molecule has 2 saturated heterocycles. The highest BCUT2D eigenvalue weighted by molar-refractivity contribution is 6.25. The molecule has 38 heavy (non-hydrogen) atoms. The zero-order valence-electron chi connectivity index (χ0n) is 19.6. The number of rotatable bonds is 6. The molecule has 5 atom stereocenters. The van der Waals surface area contributed by atoms with E-state index in [1.165, 1.54) is 49.6 Å². The van der Waals surface area contributed by atoms with Crippen molar-refractivity contribution in [3.05, 3.63) is 92.2 Å². The number of hydrogen-bond donors (Lipinski definition) is 1. The highest BCUT2D eigenvalue weighted by Gasteiger charge is 2.67. The lowest BCUT2D eigenvalue weighted by molar-refractivity contribution is -0.871. The number of ketones is 1. The van der Waals surface area contributed by atoms with Crippen molar-refractivity contribution in [2.45, 2.75) is 12.1 Å². The number of fused-ring (bicyclic) bond motifs is 3. The number of imide groups is 1. The van der Waals surface area contributed by atoms with Gasteiger partial charge < -0.3 is 4.74 Å². The summed E-state index contributed by atoms with van der Waals surface area (Å²) in [6.45, 7) is 0. The molecule has 2 amide bonds. The zero-order chi connectivity index (χ0) is 27.3. The number of allylic oxidation sites excluding steroid dienone is 2. The van der Waals surface area contributed by atoms with Gasteiger partial charge >= 0.3 is 0 Å². The molecule has 13 heteroatoms. The average Bonchev–Trinajstić information content (AvgIpc) is 3.39. The van der Waals surface area contributed by atoms with Gasteiger partial charge in [-0.3, -0.25) is 39.5 Å². The second-order valence-corrected chi connectivity index (χ2v) is 8.92. The molecule has 0 bridgehead atoms. The molecule has 0 radical (unpaired) electrons. The van der Waals surface area contributed by atoms with Crippen LogP contribution in [0.2, 0.25) is 0 Å². The van der Waals surface area contributed by atoms with E-state index in [0.717, 1.165) is 17.0 Å². The molecule has 5 rings (SSSR count). The quantitative estimate of drug-likeness (QED) is 0.255. The number of nitro groups is 2. The van der Waals surface area contributed by atoms with Crippen molar-refractivity contribution in [2.75, 3.05) is 12.0 Å². The fourth-order valence-electron chi connectivity index (χ4n) is 5.46. The summed E-state index contributed by atoms with van der Waals surface area (Å²) in [5.41, 5.74) is -0.583. The summed E-state index contributed by atoms with van der Waals surface area (Å²) in [5.74, 6) is -4.27. The van der Waals surface area contributed by atoms with Crippen LogP contribution in [0.15, 0.2) is 66.4 Å². The van der Waals surface area contributed by atoms with Gasteiger partial charge in [-0.25, -0.2) is 4.90 Å². The van der Waals surface area contributed by atoms with Crippen LogP contribution in [0.5, 0.6) is 5.75 Å². The lowest BCUT2D eigenvalue weighted by Crippen LogP contribution is -3.15. The maximum Gasteiger partial charge on any atom is 0.271 e. The first kappa shape index (κ1) is 24.5. The average molecular weight is 516 g/mol. The standard InChI is InChI=1S/C25H17N5O8/c1-38-19-6-5-16(30(36)37)11-17(19)28-24(32)20-18-9-13(12-26)7-8-27(18)22(21(20)25(28)33)23(31)14-3-2-4-15(10-14)29(34)35/h2-11,18,20-22H,1H3/p+1/t18-,20+,21-,22+/m1/s1. The first-order chi connectivity index (χ1) is 18.2. The van der Waals surface area contributed by atoms with Crippen molar-refractivity contribution in [1.82, 2.24) is 0 Å². The molecule has 3 heterocycles. The molecule has 2 fully saturated rings. The van der Waals surface area contributed by atoms with E-state index in [9.17, 15) is 39.9 Å². The number of quaternary nitrogens is 1. The van der Waals surface area contributed by atoms with Crippen LogP contribution in [-0.4, -0.2) is 46.6 Å². The molecule has 13 nitrogen and oxygen atoms in total. The highest BCUT2D eigenvalue weighted by atomic mass is 16.6. The van der Waals surface area contributed by atoms with Crippen molar-refractivity contribution in [2.24, 2.45) is 11.8 Å². The van der Waals surface area contributed by atoms with E-state index in [1.54, 1.807) is 6.20 Å². The molecule has 1 unspecified atom stereocenters. The normalized spacial score (nSPS) is 25.3. The molecule has 3 aliphatic heterocycles. The first-order valence-electron chi connectivity index (χ1n) is 11.3. The van der Waals surface area contributed by atoms with Crippen LogP contribution >= 0.6 is 0 Å². The fraction of sp³-hybridized carbons (Fsp3) is 0.200. The summed E-state index contributed by atoms with van der Waals surface area (Å²) < 4.78 is 5.26. The maximum atomic E-state index is 13.9. The third-order valence-electron chi connectivity index (χ3n) is 7.07. The first-order valence-corrected chi connectivity index (χ1v) is 11.3. The molecular weight excluding hydrogens is 498 g/mol. The fourth-order valence-corrected chi connectivity index (χ4v) is 5.46. The van der Waals surface area contributed by atoms with Gasteiger partial charge in [0.2, 0.25) is 17.6 Å². The second kappa shape index (κ2) is 9.02. The van der Waals surface area contributed by atoms with E-state index >= 15 is 0 Å². The minimum atomic E-state index is -1.20. The summed E-state index contributed by atoms with van der Waals surface area (Å²) >= 11 is 0. The summed E-state index contributed by atoms with van der Waals surface area (Å²) in [6, 6.07) is 8.65. The molecule has 3 aliphatic rings. The molecule has 0 saturated carbocycles. The number of Topliss-reactive ketones (excluding diaryl/α,β-unsaturated/α-hetero) is 1. The van der Waals surface area contributed by atoms with E-state index in [2.05, 4.69) is 0 Å². The Labute approximate surface area is 214 Å². The maximum absolute atomic E-state index is 13.9. The predicted octanol–water partition coefficient (Wildman–Crippen LogP) is 1.11. The highest BCUT2D eigenvalue weighted by Crippen LogP contribution is 2.43. The number of nitrogens with one attached hydrogen (secondary N) is 1. The number of ether oxygens (including phenoxy) is 1. The van der Waals surface area contributed by atoms with Gasteiger partial charge in [0.15, 0.2) is 6.04 Å². The molecule has 2 aromatic rings. The van der Waals surface area contributed by atoms with Crippen molar-refractivity contribution in [3.8, 4) is 11.8 Å². The predicted molar refractivity (Wildman–Crippen MR) is 128 cm³/mol. The number of amides is 2. The zero-order valence-corrected chi connectivity index (χ0v) is 19.6. The molecule has 2 aromatic carbocycles. The number of nitro benzene ring substituents is 2. The second-order valence-electron chi connectivity index (χ2n) is 8.92. The largest absolute Gasteiger partial charge is 0.495 e. The van der Waals surface area contributed by atoms with Crippen LogP contribution in [0.1, 0.15) is 10.4 Å². The minimum Gasteiger partial charge on any atom is -0.495 e. The van der Waals surface area contributed by atoms with E-state index in [-0.39, 0.29) is 33.9 Å². The SMILES string of the molecule is COc1ccc([N+](=O)[O-])cc1N1C(=O)[C@@H]2[C@@H](C1=O)[C@@H](C(=O)c1cccc([N+](=O)[O-])c1)[NH+]1C=CC(C#N)=C[C@H]21. The third kappa shape index (κ3) is 3.62. The Kier molecular flexibility index (Phi) is 5.81. The van der Waals surface area contributed by atoms with E-state index in [4.69, 9.17) is 4.74 Å². The number of nitrogens with zero attached hydrogens (tertiary/aromatic N) is 4. The minimum absolute atomic E-state index is 0.00816. The van der Waals surface area contributed by atoms with Crippen LogP contribution in [-0.2, 0) is 9.59 Å². The lowest BCUT2D eigenvalue weighted by Gasteiger charge is -2.27. The van der Waals surface area contributed by atoms with Crippen LogP contribution in [0.3, 0.4) is 0 Å². The van der Waals surface area contributed by atoms with E-state index in [0.29, 0.717) is 4.90 Å². The molecule has 0 spiro atoms. The Morgan fingerprint density at radius 2 is 1.74 bits per heavy atom. The number of non-ortho nitro benzene ring substituents is 2. The summed E-state index contributed by atoms with van der Waals surface area (Å²) in [5, 5.41) is 32.1. The van der Waals surface area contributed by atoms with Crippen LogP contribution in [0.4, 0.5) is 17.1 Å². The third-order valence-corrected chi connectivity index (χ3v) is 7.07. The van der Waals surface area contributed by atoms with Crippen molar-refractivity contribution < 1.29 is 33.9 Å². The lowest BCUT2D eigenvalue weighted by atomic mass is 9.86. The number of methoxy groups -OCH3 is 1. The Hall–Kier alpha value is -5.22. The number of anilines is 1. The van der Waals surface area contributed by atoms with Crippen LogP contribution < -0.4 is 14.5 Å². The Morgan fingerprint density at radius 3 is 2.39 bits per heavy atom. The van der Waals surface area contributed by atoms with Gasteiger partial charge in [-0.05, 0) is 12.1 Å². The molecule has 0 aromatic heterocycles. The Balaban J connectivity index is 1.64. The summed E-state index contributed by atoms with van der Waals surface area (Å²) in [4.78, 5) is 64.0. The number of benzene rings is 2. The van der Waals surface area contributed by atoms with Gasteiger partial charge in [0.25, 0.3) is 11.4 Å². The molecule has 0 aliphatic carbocycles. The topological polar surface area (TPSA) is 178 Å². The van der Waals surface area contributed by atoms with Gasteiger partial charge in [-0.1, -0.05) is 12.1 Å². The van der Waals surface area contributed by atoms with Crippen molar-refractivity contribution in [3.63, 3.8) is 0 Å². The Morgan fingerprint density at radius 1 is 1.05 bits per heavy atom. The molecule has 1 N–H and O–H groups in total. The van der Waals surface area contributed by atoms with E-state index < -0.39 is 51.4 Å². The molecular formula is C25H18N5O8+. The Bertz CT molecular complexity index is 1540. The number of hydrogen-bond acceptors (Lipinski definition) is 9. The van der Waals surface area contributed by atoms with Crippen molar-refractivity contribution >= 4 is 34.7 Å². The monoisotopic (exact) mass is 516 g/mol. The van der Waals surface area contributed by atoms with Gasteiger partial charge in [-0.2, -0.15) is 5.26 Å². The summed E-state index contributed by atoms with van der Waals surface area (Å²) in [6.07, 6.45) is 4.55. The number of carbonyl (C=O) groups excluding carboxylic acids is 3. The number of nitriles is 1. The van der Waals surface area contributed by atoms with Gasteiger partial charge in [0.1, 0.15) is 29.3 Å². The van der Waals surface area contributed by atoms with Gasteiger partial charge in [0.05, 0.1) is 34.8 Å². The van der Waals surface area contributed by atoms with Gasteiger partial charge in [-0.15, -0.1) is 0 Å². The van der Waals surface area contributed by atoms with Crippen molar-refractivity contribution in [1.29, 1.82) is 5.26 Å². The smallest absolute Gasteiger partial charge is 0.271 e. The van der Waals surface area contributed by atoms with Crippen LogP contribution in [0, 0.1) is 43.4 Å². The molecule has 190 valence electrons.